The van der Waals surface area contributed by atoms with Crippen molar-refractivity contribution in [3.05, 3.63) is 41.5 Å². The zero-order valence-electron chi connectivity index (χ0n) is 16.2. The summed E-state index contributed by atoms with van der Waals surface area (Å²) in [5.74, 6) is -1.52. The van der Waals surface area contributed by atoms with E-state index in [1.807, 2.05) is 6.20 Å². The van der Waals surface area contributed by atoms with E-state index in [0.29, 0.717) is 43.7 Å². The summed E-state index contributed by atoms with van der Waals surface area (Å²) >= 11 is 0. The normalized spacial score (nSPS) is 20.8. The highest BCUT2D eigenvalue weighted by atomic mass is 16.5. The fourth-order valence-electron chi connectivity index (χ4n) is 3.46. The van der Waals surface area contributed by atoms with Gasteiger partial charge in [-0.25, -0.2) is 4.79 Å². The summed E-state index contributed by atoms with van der Waals surface area (Å²) < 4.78 is 6.73. The van der Waals surface area contributed by atoms with Crippen LogP contribution in [0.1, 0.15) is 40.9 Å². The number of carbonyl (C=O) groups is 2. The Morgan fingerprint density at radius 1 is 1.38 bits per heavy atom. The smallest absolute Gasteiger partial charge is 0.337 e. The van der Waals surface area contributed by atoms with Gasteiger partial charge in [0.25, 0.3) is 0 Å². The molecule has 0 spiro atoms. The molecule has 2 aromatic rings. The molecule has 1 aliphatic rings. The lowest BCUT2D eigenvalue weighted by Crippen LogP contribution is -2.51. The zero-order chi connectivity index (χ0) is 20.9. The Bertz CT molecular complexity index is 862. The topological polar surface area (TPSA) is 139 Å². The highest BCUT2D eigenvalue weighted by Gasteiger charge is 2.46. The molecule has 1 fully saturated rings. The van der Waals surface area contributed by atoms with Gasteiger partial charge in [-0.3, -0.25) is 14.5 Å². The van der Waals surface area contributed by atoms with E-state index in [1.54, 1.807) is 11.8 Å². The third-order valence-electron chi connectivity index (χ3n) is 4.96. The Morgan fingerprint density at radius 2 is 2.17 bits per heavy atom. The fourth-order valence-corrected chi connectivity index (χ4v) is 3.46. The lowest BCUT2D eigenvalue weighted by atomic mass is 9.68. The summed E-state index contributed by atoms with van der Waals surface area (Å²) in [6.45, 7) is 1.53. The number of hydrogen-bond donors (Lipinski definition) is 3. The number of ether oxygens (including phenoxy) is 1. The first kappa shape index (κ1) is 20.9. The molecule has 29 heavy (non-hydrogen) atoms. The molecule has 0 radical (unpaired) electrons. The summed E-state index contributed by atoms with van der Waals surface area (Å²) in [5.41, 5.74) is 0.420. The van der Waals surface area contributed by atoms with E-state index >= 15 is 0 Å². The Labute approximate surface area is 167 Å². The van der Waals surface area contributed by atoms with E-state index in [9.17, 15) is 14.7 Å². The van der Waals surface area contributed by atoms with E-state index in [4.69, 9.17) is 9.84 Å². The third kappa shape index (κ3) is 5.58. The van der Waals surface area contributed by atoms with Crippen molar-refractivity contribution in [1.82, 2.24) is 25.3 Å². The van der Waals surface area contributed by atoms with Crippen molar-refractivity contribution >= 4 is 11.9 Å². The maximum absolute atomic E-state index is 12.3. The third-order valence-corrected chi connectivity index (χ3v) is 4.96. The van der Waals surface area contributed by atoms with Crippen LogP contribution in [0, 0.1) is 5.92 Å². The van der Waals surface area contributed by atoms with Crippen LogP contribution in [0.25, 0.3) is 0 Å². The van der Waals surface area contributed by atoms with Crippen molar-refractivity contribution in [3.8, 4) is 0 Å². The minimum absolute atomic E-state index is 0.0741. The van der Waals surface area contributed by atoms with Crippen molar-refractivity contribution in [3.63, 3.8) is 0 Å². The first-order chi connectivity index (χ1) is 13.9. The van der Waals surface area contributed by atoms with Crippen molar-refractivity contribution in [2.45, 2.75) is 44.4 Å². The molecule has 1 saturated carbocycles. The van der Waals surface area contributed by atoms with Crippen LogP contribution in [0.15, 0.2) is 24.7 Å². The maximum atomic E-state index is 12.3. The molecular weight excluding hydrogens is 378 g/mol. The van der Waals surface area contributed by atoms with E-state index in [-0.39, 0.29) is 23.9 Å². The second kappa shape index (κ2) is 9.10. The molecule has 3 rings (SSSR count). The molecule has 0 bridgehead atoms. The van der Waals surface area contributed by atoms with Crippen LogP contribution < -0.4 is 5.32 Å². The second-order valence-electron chi connectivity index (χ2n) is 7.43. The van der Waals surface area contributed by atoms with Gasteiger partial charge in [-0.1, -0.05) is 5.21 Å². The number of carboxylic acid groups (broad SMARTS) is 1. The van der Waals surface area contributed by atoms with Crippen LogP contribution in [0.4, 0.5) is 0 Å². The van der Waals surface area contributed by atoms with Crippen molar-refractivity contribution < 1.29 is 24.5 Å². The molecule has 10 heteroatoms. The number of methoxy groups -OCH3 is 1. The van der Waals surface area contributed by atoms with Crippen molar-refractivity contribution in [2.24, 2.45) is 5.92 Å². The van der Waals surface area contributed by atoms with E-state index in [0.717, 1.165) is 6.42 Å². The number of amides is 1. The van der Waals surface area contributed by atoms with Gasteiger partial charge in [-0.2, -0.15) is 0 Å². The van der Waals surface area contributed by atoms with E-state index in [1.165, 1.54) is 18.5 Å². The highest BCUT2D eigenvalue weighted by Crippen LogP contribution is 2.40. The van der Waals surface area contributed by atoms with Crippen LogP contribution in [0.3, 0.4) is 0 Å². The number of aliphatic hydroxyl groups is 1. The first-order valence-corrected chi connectivity index (χ1v) is 9.44. The largest absolute Gasteiger partial charge is 0.478 e. The Kier molecular flexibility index (Phi) is 6.55. The Morgan fingerprint density at radius 3 is 2.90 bits per heavy atom. The van der Waals surface area contributed by atoms with Crippen LogP contribution in [-0.4, -0.2) is 61.4 Å². The monoisotopic (exact) mass is 403 g/mol. The lowest BCUT2D eigenvalue weighted by Gasteiger charge is -2.42. The van der Waals surface area contributed by atoms with Crippen LogP contribution >= 0.6 is 0 Å². The average molecular weight is 403 g/mol. The molecule has 2 heterocycles. The summed E-state index contributed by atoms with van der Waals surface area (Å²) in [6, 6.07) is 1.47. The molecule has 0 saturated heterocycles. The number of nitrogens with one attached hydrogen (secondary N) is 1. The number of carbonyl (C=O) groups excluding carboxylic acids is 1. The molecule has 0 atom stereocenters. The number of pyridine rings is 1. The number of aryl methyl sites for hydroxylation is 1. The Hall–Kier alpha value is -2.85. The number of nitrogens with zero attached hydrogens (tertiary/aromatic N) is 4. The molecule has 156 valence electrons. The van der Waals surface area contributed by atoms with Gasteiger partial charge in [0.1, 0.15) is 0 Å². The summed E-state index contributed by atoms with van der Waals surface area (Å²) in [7, 11) is 1.65. The number of aromatic nitrogens is 4. The van der Waals surface area contributed by atoms with Gasteiger partial charge >= 0.3 is 5.97 Å². The number of aromatic carboxylic acids is 1. The van der Waals surface area contributed by atoms with Gasteiger partial charge in [-0.15, -0.1) is 5.10 Å². The predicted octanol–water partition coefficient (Wildman–Crippen LogP) is 0.408. The zero-order valence-corrected chi connectivity index (χ0v) is 16.2. The molecule has 10 nitrogen and oxygen atoms in total. The maximum Gasteiger partial charge on any atom is 0.337 e. The van der Waals surface area contributed by atoms with E-state index in [2.05, 4.69) is 20.6 Å². The van der Waals surface area contributed by atoms with Crippen molar-refractivity contribution in [1.29, 1.82) is 0 Å². The van der Waals surface area contributed by atoms with Gasteiger partial charge in [0, 0.05) is 57.7 Å². The average Bonchev–Trinajstić information content (AvgIpc) is 3.11. The van der Waals surface area contributed by atoms with Gasteiger partial charge in [0.05, 0.1) is 16.9 Å². The summed E-state index contributed by atoms with van der Waals surface area (Å²) in [6.07, 6.45) is 6.46. The van der Waals surface area contributed by atoms with E-state index < -0.39 is 11.6 Å². The minimum atomic E-state index is -1.06. The number of carboxylic acids is 1. The SMILES string of the molecule is COCCCn1cc(CC2(O)CC(C(=O)NCc3cncc(C(=O)O)c3)C2)nn1. The molecule has 0 aromatic carbocycles. The fraction of sp³-hybridized carbons (Fsp3) is 0.526. The van der Waals surface area contributed by atoms with Crippen LogP contribution in [-0.2, 0) is 29.0 Å². The standard InChI is InChI=1S/C19H25N5O5/c1-29-4-2-3-24-12-16(22-23-24)8-19(28)6-15(7-19)17(25)21-10-13-5-14(18(26)27)11-20-9-13/h5,9,11-12,15,28H,2-4,6-8,10H2,1H3,(H,21,25)(H,26,27). The number of rotatable bonds is 10. The highest BCUT2D eigenvalue weighted by molar-refractivity contribution is 5.87. The second-order valence-corrected chi connectivity index (χ2v) is 7.43. The Balaban J connectivity index is 1.44. The molecule has 3 N–H and O–H groups in total. The predicted molar refractivity (Wildman–Crippen MR) is 101 cm³/mol. The molecule has 1 aliphatic carbocycles. The molecule has 1 amide bonds. The van der Waals surface area contributed by atoms with Crippen molar-refractivity contribution in [2.75, 3.05) is 13.7 Å². The molecule has 2 aromatic heterocycles. The molecule has 0 unspecified atom stereocenters. The molecular formula is C19H25N5O5. The first-order valence-electron chi connectivity index (χ1n) is 9.44. The van der Waals surface area contributed by atoms with Gasteiger partial charge in [0.15, 0.2) is 0 Å². The van der Waals surface area contributed by atoms with Crippen LogP contribution in [0.5, 0.6) is 0 Å². The van der Waals surface area contributed by atoms with Crippen LogP contribution in [0.2, 0.25) is 0 Å². The summed E-state index contributed by atoms with van der Waals surface area (Å²) in [4.78, 5) is 27.1. The lowest BCUT2D eigenvalue weighted by molar-refractivity contribution is -0.141. The van der Waals surface area contributed by atoms with Gasteiger partial charge in [-0.05, 0) is 30.9 Å². The van der Waals surface area contributed by atoms with Gasteiger partial charge in [0.2, 0.25) is 5.91 Å². The molecule has 0 aliphatic heterocycles. The minimum Gasteiger partial charge on any atom is -0.478 e. The van der Waals surface area contributed by atoms with Gasteiger partial charge < -0.3 is 20.3 Å². The quantitative estimate of drug-likeness (QED) is 0.485. The summed E-state index contributed by atoms with van der Waals surface area (Å²) in [5, 5.41) is 30.5. The number of hydrogen-bond acceptors (Lipinski definition) is 7.